The Bertz CT molecular complexity index is 1010. The van der Waals surface area contributed by atoms with Crippen LogP contribution in [0, 0.1) is 5.41 Å². The van der Waals surface area contributed by atoms with Crippen molar-refractivity contribution in [1.29, 1.82) is 0 Å². The normalized spacial score (nSPS) is 18.2. The van der Waals surface area contributed by atoms with Crippen molar-refractivity contribution in [3.8, 4) is 0 Å². The number of hydrogen-bond acceptors (Lipinski definition) is 7. The van der Waals surface area contributed by atoms with E-state index in [1.807, 2.05) is 25.3 Å². The van der Waals surface area contributed by atoms with Crippen molar-refractivity contribution in [2.45, 2.75) is 65.0 Å². The lowest BCUT2D eigenvalue weighted by molar-refractivity contribution is -0.192. The van der Waals surface area contributed by atoms with Crippen molar-refractivity contribution >= 4 is 23.2 Å². The summed E-state index contributed by atoms with van der Waals surface area (Å²) in [6.07, 6.45) is -2.98. The van der Waals surface area contributed by atoms with E-state index in [-0.39, 0.29) is 16.9 Å². The van der Waals surface area contributed by atoms with Gasteiger partial charge in [-0.2, -0.15) is 24.5 Å². The Hall–Kier alpha value is -2.51. The third-order valence-electron chi connectivity index (χ3n) is 5.80. The van der Waals surface area contributed by atoms with Gasteiger partial charge in [0.15, 0.2) is 5.82 Å². The van der Waals surface area contributed by atoms with Gasteiger partial charge in [0, 0.05) is 24.0 Å². The SMILES string of the molecule is CC(C)(C)NC(=O)c1nnc2n1CC1(CCN(Cc3ccsc3)CC1)COC2.O=C(O)C(F)(F)F. The van der Waals surface area contributed by atoms with Crippen molar-refractivity contribution < 1.29 is 32.6 Å². The van der Waals surface area contributed by atoms with Gasteiger partial charge in [-0.1, -0.05) is 0 Å². The van der Waals surface area contributed by atoms with Crippen molar-refractivity contribution in [3.63, 3.8) is 0 Å². The van der Waals surface area contributed by atoms with Crippen LogP contribution >= 0.6 is 11.3 Å². The van der Waals surface area contributed by atoms with Gasteiger partial charge in [0.1, 0.15) is 6.61 Å². The number of nitrogens with zero attached hydrogens (tertiary/aromatic N) is 4. The molecule has 0 saturated carbocycles. The highest BCUT2D eigenvalue weighted by Crippen LogP contribution is 2.37. The van der Waals surface area contributed by atoms with Crippen molar-refractivity contribution in [1.82, 2.24) is 25.0 Å². The lowest BCUT2D eigenvalue weighted by atomic mass is 9.78. The second kappa shape index (κ2) is 10.6. The second-order valence-corrected chi connectivity index (χ2v) is 10.7. The molecule has 1 amide bonds. The molecule has 2 aliphatic rings. The molecule has 1 fully saturated rings. The van der Waals surface area contributed by atoms with E-state index in [9.17, 15) is 18.0 Å². The molecule has 0 unspecified atom stereocenters. The first-order chi connectivity index (χ1) is 16.3. The highest BCUT2D eigenvalue weighted by Gasteiger charge is 2.40. The zero-order valence-corrected chi connectivity index (χ0v) is 20.7. The molecule has 4 rings (SSSR count). The predicted molar refractivity (Wildman–Crippen MR) is 122 cm³/mol. The average molecular weight is 518 g/mol. The number of aromatic nitrogens is 3. The first-order valence-corrected chi connectivity index (χ1v) is 12.1. The largest absolute Gasteiger partial charge is 0.490 e. The van der Waals surface area contributed by atoms with E-state index in [0.717, 1.165) is 44.8 Å². The molecular weight excluding hydrogens is 487 g/mol. The number of carboxylic acids is 1. The minimum Gasteiger partial charge on any atom is -0.475 e. The molecule has 2 N–H and O–H groups in total. The summed E-state index contributed by atoms with van der Waals surface area (Å²) >= 11 is 1.75. The molecule has 0 atom stereocenters. The van der Waals surface area contributed by atoms with Crippen molar-refractivity contribution in [2.24, 2.45) is 5.41 Å². The average Bonchev–Trinajstić information content (AvgIpc) is 3.35. The summed E-state index contributed by atoms with van der Waals surface area (Å²) in [5.74, 6) is -1.78. The second-order valence-electron chi connectivity index (χ2n) is 9.93. The predicted octanol–water partition coefficient (Wildman–Crippen LogP) is 3.31. The molecule has 2 aromatic heterocycles. The van der Waals surface area contributed by atoms with Crippen LogP contribution in [0.1, 0.15) is 55.6 Å². The standard InChI is InChI=1S/C20H29N5O2S.C2HF3O2/c1-19(2,3)21-18(26)17-23-22-16-11-27-14-20(13-25(16)17)5-7-24(8-6-20)10-15-4-9-28-12-15;3-2(4,5)1(6)7/h4,9,12H,5-8,10-11,13-14H2,1-3H3,(H,21,26);(H,6,7). The lowest BCUT2D eigenvalue weighted by Crippen LogP contribution is -2.45. The van der Waals surface area contributed by atoms with Gasteiger partial charge in [0.25, 0.3) is 5.91 Å². The molecule has 194 valence electrons. The molecule has 2 aliphatic heterocycles. The molecule has 2 aromatic rings. The maximum absolute atomic E-state index is 12.7. The summed E-state index contributed by atoms with van der Waals surface area (Å²) in [4.78, 5) is 24.1. The smallest absolute Gasteiger partial charge is 0.475 e. The van der Waals surface area contributed by atoms with E-state index in [0.29, 0.717) is 19.0 Å². The van der Waals surface area contributed by atoms with Gasteiger partial charge < -0.3 is 19.7 Å². The molecule has 1 spiro atoms. The third-order valence-corrected chi connectivity index (χ3v) is 6.53. The van der Waals surface area contributed by atoms with E-state index in [1.54, 1.807) is 11.3 Å². The molecule has 13 heteroatoms. The van der Waals surface area contributed by atoms with Gasteiger partial charge in [-0.15, -0.1) is 10.2 Å². The zero-order chi connectivity index (χ0) is 25.9. The first kappa shape index (κ1) is 27.1. The summed E-state index contributed by atoms with van der Waals surface area (Å²) in [7, 11) is 0. The molecule has 0 aromatic carbocycles. The number of amides is 1. The zero-order valence-electron chi connectivity index (χ0n) is 19.9. The first-order valence-electron chi connectivity index (χ1n) is 11.1. The number of halogens is 3. The van der Waals surface area contributed by atoms with Crippen LogP contribution in [-0.4, -0.2) is 68.1 Å². The fourth-order valence-electron chi connectivity index (χ4n) is 4.04. The quantitative estimate of drug-likeness (QED) is 0.643. The number of carbonyl (C=O) groups is 2. The van der Waals surface area contributed by atoms with Crippen LogP contribution in [-0.2, 0) is 29.2 Å². The van der Waals surface area contributed by atoms with E-state index in [4.69, 9.17) is 14.6 Å². The maximum atomic E-state index is 12.7. The highest BCUT2D eigenvalue weighted by atomic mass is 32.1. The van der Waals surface area contributed by atoms with Crippen LogP contribution in [0.2, 0.25) is 0 Å². The summed E-state index contributed by atoms with van der Waals surface area (Å²) in [5.41, 5.74) is 1.12. The van der Waals surface area contributed by atoms with E-state index in [1.165, 1.54) is 5.56 Å². The number of alkyl halides is 3. The van der Waals surface area contributed by atoms with Crippen molar-refractivity contribution in [3.05, 3.63) is 34.0 Å². The van der Waals surface area contributed by atoms with Crippen LogP contribution in [0.5, 0.6) is 0 Å². The Balaban J connectivity index is 0.000000429. The van der Waals surface area contributed by atoms with Gasteiger partial charge in [0.05, 0.1) is 6.61 Å². The van der Waals surface area contributed by atoms with Crippen LogP contribution in [0.4, 0.5) is 13.2 Å². The molecule has 35 heavy (non-hydrogen) atoms. The van der Waals surface area contributed by atoms with Crippen LogP contribution in [0.25, 0.3) is 0 Å². The van der Waals surface area contributed by atoms with Crippen LogP contribution in [0.15, 0.2) is 16.8 Å². The maximum Gasteiger partial charge on any atom is 0.490 e. The topological polar surface area (TPSA) is 110 Å². The molecule has 0 radical (unpaired) electrons. The van der Waals surface area contributed by atoms with Crippen LogP contribution < -0.4 is 5.32 Å². The molecule has 9 nitrogen and oxygen atoms in total. The number of carbonyl (C=O) groups excluding carboxylic acids is 1. The minimum atomic E-state index is -5.08. The fourth-order valence-corrected chi connectivity index (χ4v) is 4.70. The van der Waals surface area contributed by atoms with E-state index < -0.39 is 12.1 Å². The highest BCUT2D eigenvalue weighted by molar-refractivity contribution is 7.07. The number of fused-ring (bicyclic) bond motifs is 1. The number of ether oxygens (including phenoxy) is 1. The fraction of sp³-hybridized carbons (Fsp3) is 0.636. The summed E-state index contributed by atoms with van der Waals surface area (Å²) in [6, 6.07) is 2.20. The lowest BCUT2D eigenvalue weighted by Gasteiger charge is -2.41. The summed E-state index contributed by atoms with van der Waals surface area (Å²) in [5, 5.41) is 22.9. The van der Waals surface area contributed by atoms with E-state index in [2.05, 4.69) is 37.2 Å². The Morgan fingerprint density at radius 1 is 1.23 bits per heavy atom. The van der Waals surface area contributed by atoms with Gasteiger partial charge in [-0.3, -0.25) is 9.69 Å². The number of hydrogen-bond donors (Lipinski definition) is 2. The number of aliphatic carboxylic acids is 1. The molecule has 1 saturated heterocycles. The third kappa shape index (κ3) is 7.48. The number of piperidine rings is 1. The molecular formula is C22H30F3N5O4S. The summed E-state index contributed by atoms with van der Waals surface area (Å²) in [6.45, 7) is 10.9. The summed E-state index contributed by atoms with van der Waals surface area (Å²) < 4.78 is 39.7. The van der Waals surface area contributed by atoms with Gasteiger partial charge in [-0.05, 0) is 69.1 Å². The molecule has 0 bridgehead atoms. The number of carboxylic acid groups (broad SMARTS) is 1. The number of rotatable bonds is 3. The number of nitrogens with one attached hydrogen (secondary N) is 1. The van der Waals surface area contributed by atoms with E-state index >= 15 is 0 Å². The Labute approximate surface area is 205 Å². The minimum absolute atomic E-state index is 0.0372. The van der Waals surface area contributed by atoms with Gasteiger partial charge in [-0.25, -0.2) is 4.79 Å². The molecule has 4 heterocycles. The molecule has 0 aliphatic carbocycles. The van der Waals surface area contributed by atoms with Crippen molar-refractivity contribution in [2.75, 3.05) is 19.7 Å². The van der Waals surface area contributed by atoms with Crippen LogP contribution in [0.3, 0.4) is 0 Å². The Morgan fingerprint density at radius 3 is 2.43 bits per heavy atom. The van der Waals surface area contributed by atoms with Gasteiger partial charge >= 0.3 is 12.1 Å². The Morgan fingerprint density at radius 2 is 1.89 bits per heavy atom. The number of thiophene rings is 1. The van der Waals surface area contributed by atoms with Gasteiger partial charge in [0.2, 0.25) is 5.82 Å². The monoisotopic (exact) mass is 517 g/mol. The number of likely N-dealkylation sites (tertiary alicyclic amines) is 1. The Kier molecular flexibility index (Phi) is 8.22.